The Morgan fingerprint density at radius 3 is 2.54 bits per heavy atom. The minimum absolute atomic E-state index is 0.0928. The van der Waals surface area contributed by atoms with Crippen LogP contribution in [0.5, 0.6) is 0 Å². The molecule has 5 rings (SSSR count). The van der Waals surface area contributed by atoms with Gasteiger partial charge in [0.25, 0.3) is 0 Å². The topological polar surface area (TPSA) is 12.0 Å². The van der Waals surface area contributed by atoms with Gasteiger partial charge in [-0.15, -0.1) is 0 Å². The van der Waals surface area contributed by atoms with E-state index in [0.717, 1.165) is 5.92 Å². The van der Waals surface area contributed by atoms with Crippen molar-refractivity contribution in [2.45, 2.75) is 75.7 Å². The summed E-state index contributed by atoms with van der Waals surface area (Å²) in [6, 6.07) is 18.7. The maximum absolute atomic E-state index is 4.12. The molecule has 0 radical (unpaired) electrons. The predicted octanol–water partition coefficient (Wildman–Crippen LogP) is 6.74. The number of hydrogen-bond donors (Lipinski definition) is 1. The normalized spacial score (nSPS) is 32.5. The first-order valence-electron chi connectivity index (χ1n) is 10.7. The molecule has 136 valence electrons. The molecule has 2 aliphatic carbocycles. The van der Waals surface area contributed by atoms with Crippen molar-refractivity contribution in [1.82, 2.24) is 0 Å². The lowest BCUT2D eigenvalue weighted by Gasteiger charge is -2.57. The summed E-state index contributed by atoms with van der Waals surface area (Å²) >= 11 is 0. The van der Waals surface area contributed by atoms with Crippen LogP contribution in [0.3, 0.4) is 0 Å². The Bertz CT molecular complexity index is 806. The van der Waals surface area contributed by atoms with Crippen molar-refractivity contribution in [2.75, 3.05) is 5.32 Å². The second-order valence-corrected chi connectivity index (χ2v) is 9.16. The minimum Gasteiger partial charge on any atom is -0.374 e. The maximum atomic E-state index is 4.12. The molecular formula is C25H31N. The van der Waals surface area contributed by atoms with Crippen LogP contribution in [0.1, 0.15) is 81.4 Å². The Labute approximate surface area is 158 Å². The van der Waals surface area contributed by atoms with Crippen LogP contribution >= 0.6 is 0 Å². The van der Waals surface area contributed by atoms with E-state index in [1.807, 2.05) is 0 Å². The first kappa shape index (κ1) is 16.4. The lowest BCUT2D eigenvalue weighted by atomic mass is 9.48. The van der Waals surface area contributed by atoms with Crippen LogP contribution in [0, 0.1) is 5.92 Å². The average molecular weight is 346 g/mol. The van der Waals surface area contributed by atoms with Crippen LogP contribution in [0.15, 0.2) is 48.5 Å². The van der Waals surface area contributed by atoms with Crippen molar-refractivity contribution in [1.29, 1.82) is 0 Å². The van der Waals surface area contributed by atoms with E-state index in [9.17, 15) is 0 Å². The second kappa shape index (κ2) is 5.87. The standard InChI is InChI=1S/C25H31N/c1-18(2)19-13-14-23-22(17-19)24-15-7-6-9-20(24)12-8-16-25(24,26-23)21-10-4-3-5-11-21/h3-5,10-11,13-14,17-18,20,26H,6-9,12,15-16H2,1-2H3/t20-,24-,25+/m0/s1. The average Bonchev–Trinajstić information content (AvgIpc) is 2.98. The van der Waals surface area contributed by atoms with E-state index >= 15 is 0 Å². The molecule has 1 N–H and O–H groups in total. The molecule has 26 heavy (non-hydrogen) atoms. The molecule has 1 heteroatoms. The second-order valence-electron chi connectivity index (χ2n) is 9.16. The van der Waals surface area contributed by atoms with E-state index in [0.29, 0.717) is 5.92 Å². The lowest BCUT2D eigenvalue weighted by Crippen LogP contribution is -2.57. The van der Waals surface area contributed by atoms with Crippen LogP contribution < -0.4 is 5.32 Å². The summed E-state index contributed by atoms with van der Waals surface area (Å²) in [6.45, 7) is 4.65. The van der Waals surface area contributed by atoms with Crippen LogP contribution in [0.4, 0.5) is 5.69 Å². The molecule has 2 aromatic carbocycles. The van der Waals surface area contributed by atoms with Gasteiger partial charge in [0.2, 0.25) is 0 Å². The first-order chi connectivity index (χ1) is 12.7. The molecule has 1 spiro atoms. The van der Waals surface area contributed by atoms with Crippen molar-refractivity contribution < 1.29 is 0 Å². The van der Waals surface area contributed by atoms with Gasteiger partial charge in [-0.1, -0.05) is 75.6 Å². The zero-order valence-electron chi connectivity index (χ0n) is 16.2. The fourth-order valence-electron chi connectivity index (χ4n) is 6.62. The van der Waals surface area contributed by atoms with Gasteiger partial charge in [-0.2, -0.15) is 0 Å². The van der Waals surface area contributed by atoms with Gasteiger partial charge in [0.05, 0.1) is 5.54 Å². The third-order valence-corrected chi connectivity index (χ3v) is 7.74. The highest BCUT2D eigenvalue weighted by atomic mass is 15.1. The van der Waals surface area contributed by atoms with Gasteiger partial charge in [0.1, 0.15) is 0 Å². The number of hydrogen-bond acceptors (Lipinski definition) is 1. The Hall–Kier alpha value is -1.76. The largest absolute Gasteiger partial charge is 0.374 e. The molecule has 3 aliphatic rings. The summed E-state index contributed by atoms with van der Waals surface area (Å²) in [6.07, 6.45) is 9.55. The Balaban J connectivity index is 1.77. The highest BCUT2D eigenvalue weighted by molar-refractivity contribution is 5.68. The maximum Gasteiger partial charge on any atom is 0.0725 e. The molecule has 0 amide bonds. The Morgan fingerprint density at radius 2 is 1.73 bits per heavy atom. The van der Waals surface area contributed by atoms with Crippen molar-refractivity contribution in [3.63, 3.8) is 0 Å². The molecule has 2 saturated carbocycles. The Morgan fingerprint density at radius 1 is 0.923 bits per heavy atom. The third kappa shape index (κ3) is 2.03. The van der Waals surface area contributed by atoms with Gasteiger partial charge >= 0.3 is 0 Å². The molecule has 1 aliphatic heterocycles. The smallest absolute Gasteiger partial charge is 0.0725 e. The quantitative estimate of drug-likeness (QED) is 0.635. The minimum atomic E-state index is 0.0928. The summed E-state index contributed by atoms with van der Waals surface area (Å²) in [5.74, 6) is 1.41. The lowest BCUT2D eigenvalue weighted by molar-refractivity contribution is 0.0564. The molecule has 0 bridgehead atoms. The first-order valence-corrected chi connectivity index (χ1v) is 10.7. The monoisotopic (exact) mass is 345 g/mol. The number of nitrogens with one attached hydrogen (secondary N) is 1. The van der Waals surface area contributed by atoms with Gasteiger partial charge in [0, 0.05) is 11.1 Å². The molecule has 3 atom stereocenters. The van der Waals surface area contributed by atoms with Crippen molar-refractivity contribution >= 4 is 5.69 Å². The van der Waals surface area contributed by atoms with Crippen molar-refractivity contribution in [3.05, 3.63) is 65.2 Å². The van der Waals surface area contributed by atoms with Gasteiger partial charge in [-0.3, -0.25) is 0 Å². The summed E-state index contributed by atoms with van der Waals surface area (Å²) in [5, 5.41) is 4.12. The predicted molar refractivity (Wildman–Crippen MR) is 110 cm³/mol. The number of benzene rings is 2. The Kier molecular flexibility index (Phi) is 3.71. The van der Waals surface area contributed by atoms with E-state index < -0.39 is 0 Å². The fraction of sp³-hybridized carbons (Fsp3) is 0.520. The fourth-order valence-corrected chi connectivity index (χ4v) is 6.62. The van der Waals surface area contributed by atoms with Crippen LogP contribution in [0.25, 0.3) is 0 Å². The number of rotatable bonds is 2. The van der Waals surface area contributed by atoms with Crippen molar-refractivity contribution in [2.24, 2.45) is 5.92 Å². The van der Waals surface area contributed by atoms with Gasteiger partial charge in [-0.25, -0.2) is 0 Å². The SMILES string of the molecule is CC(C)c1ccc2c(c1)[C@]13CCCC[C@H]1CCC[C@]3(c1ccccc1)N2. The van der Waals surface area contributed by atoms with Gasteiger partial charge in [-0.05, 0) is 60.3 Å². The van der Waals surface area contributed by atoms with Gasteiger partial charge < -0.3 is 5.32 Å². The van der Waals surface area contributed by atoms with E-state index in [-0.39, 0.29) is 11.0 Å². The molecule has 1 heterocycles. The summed E-state index contributed by atoms with van der Waals surface area (Å²) in [5.41, 5.74) is 6.43. The molecule has 0 aromatic heterocycles. The van der Waals surface area contributed by atoms with E-state index in [4.69, 9.17) is 0 Å². The van der Waals surface area contributed by atoms with E-state index in [1.165, 1.54) is 61.8 Å². The summed E-state index contributed by atoms with van der Waals surface area (Å²) in [4.78, 5) is 0. The zero-order valence-corrected chi connectivity index (χ0v) is 16.2. The number of fused-ring (bicyclic) bond motifs is 1. The van der Waals surface area contributed by atoms with E-state index in [1.54, 1.807) is 5.56 Å². The van der Waals surface area contributed by atoms with Crippen LogP contribution in [0.2, 0.25) is 0 Å². The molecule has 0 unspecified atom stereocenters. The number of anilines is 1. The highest BCUT2D eigenvalue weighted by Gasteiger charge is 2.63. The zero-order chi connectivity index (χ0) is 17.8. The van der Waals surface area contributed by atoms with Gasteiger partial charge in [0.15, 0.2) is 0 Å². The van der Waals surface area contributed by atoms with E-state index in [2.05, 4.69) is 67.7 Å². The molecule has 2 aromatic rings. The van der Waals surface area contributed by atoms with Crippen LogP contribution in [-0.2, 0) is 11.0 Å². The molecular weight excluding hydrogens is 314 g/mol. The van der Waals surface area contributed by atoms with Crippen molar-refractivity contribution in [3.8, 4) is 0 Å². The molecule has 2 fully saturated rings. The molecule has 1 nitrogen and oxygen atoms in total. The summed E-state index contributed by atoms with van der Waals surface area (Å²) < 4.78 is 0. The highest BCUT2D eigenvalue weighted by Crippen LogP contribution is 2.66. The molecule has 0 saturated heterocycles. The third-order valence-electron chi connectivity index (χ3n) is 7.74. The van der Waals surface area contributed by atoms with Crippen LogP contribution in [-0.4, -0.2) is 0 Å². The summed E-state index contributed by atoms with van der Waals surface area (Å²) in [7, 11) is 0.